The topological polar surface area (TPSA) is 70.2 Å². The number of carbonyl (C=O) groups excluding carboxylic acids is 1. The molecule has 1 unspecified atom stereocenters. The van der Waals surface area contributed by atoms with E-state index in [4.69, 9.17) is 4.74 Å². The monoisotopic (exact) mass is 421 g/mol. The summed E-state index contributed by atoms with van der Waals surface area (Å²) in [7, 11) is -3.44. The lowest BCUT2D eigenvalue weighted by atomic mass is 9.82. The first kappa shape index (κ1) is 20.8. The maximum absolute atomic E-state index is 12.9. The summed E-state index contributed by atoms with van der Waals surface area (Å²) in [5.74, 6) is 0.153. The van der Waals surface area contributed by atoms with E-state index in [-0.39, 0.29) is 11.5 Å². The lowest BCUT2D eigenvalue weighted by Crippen LogP contribution is -2.57. The third-order valence-electron chi connectivity index (χ3n) is 6.76. The number of piperazine rings is 1. The molecule has 0 aliphatic carbocycles. The number of rotatable bonds is 3. The van der Waals surface area contributed by atoms with Gasteiger partial charge in [0.1, 0.15) is 0 Å². The lowest BCUT2D eigenvalue weighted by Gasteiger charge is -2.49. The Labute approximate surface area is 173 Å². The van der Waals surface area contributed by atoms with Crippen molar-refractivity contribution in [3.05, 3.63) is 30.3 Å². The molecular formula is C21H31N3O4S. The number of carbonyl (C=O) groups is 1. The van der Waals surface area contributed by atoms with Crippen LogP contribution in [0, 0.1) is 0 Å². The number of piperidine rings is 1. The molecule has 1 spiro atoms. The van der Waals surface area contributed by atoms with Crippen LogP contribution in [0.4, 0.5) is 0 Å². The quantitative estimate of drug-likeness (QED) is 0.741. The summed E-state index contributed by atoms with van der Waals surface area (Å²) in [6, 6.07) is 9.13. The molecule has 3 saturated heterocycles. The predicted octanol–water partition coefficient (Wildman–Crippen LogP) is 1.55. The smallest absolute Gasteiger partial charge is 0.243 e. The molecule has 1 amide bonds. The van der Waals surface area contributed by atoms with Crippen LogP contribution in [-0.2, 0) is 19.6 Å². The molecule has 0 aromatic heterocycles. The number of hydrogen-bond acceptors (Lipinski definition) is 5. The number of ether oxygens (including phenoxy) is 1. The van der Waals surface area contributed by atoms with E-state index in [2.05, 4.69) is 4.90 Å². The Bertz CT molecular complexity index is 814. The molecule has 160 valence electrons. The molecule has 0 radical (unpaired) electrons. The fraction of sp³-hybridized carbons (Fsp3) is 0.667. The van der Waals surface area contributed by atoms with Gasteiger partial charge in [0.2, 0.25) is 15.9 Å². The van der Waals surface area contributed by atoms with Gasteiger partial charge in [-0.15, -0.1) is 0 Å². The Kier molecular flexibility index (Phi) is 5.97. The minimum atomic E-state index is -3.44. The Morgan fingerprint density at radius 2 is 1.69 bits per heavy atom. The van der Waals surface area contributed by atoms with Crippen LogP contribution in [-0.4, -0.2) is 85.9 Å². The van der Waals surface area contributed by atoms with E-state index in [1.165, 1.54) is 0 Å². The standard InChI is InChI=1S/C21H31N3O4S/c1-18(25)22-12-14-23(15-13-22)19-7-16-28-21(17-19)8-10-24(11-9-21)29(26,27)20-5-3-2-4-6-20/h2-6,19H,7-17H2,1H3. The molecule has 0 bridgehead atoms. The molecule has 8 heteroatoms. The fourth-order valence-electron chi connectivity index (χ4n) is 4.94. The van der Waals surface area contributed by atoms with Gasteiger partial charge in [-0.2, -0.15) is 4.31 Å². The minimum Gasteiger partial charge on any atom is -0.375 e. The van der Waals surface area contributed by atoms with Gasteiger partial charge in [-0.05, 0) is 37.8 Å². The summed E-state index contributed by atoms with van der Waals surface area (Å²) in [5.41, 5.74) is -0.219. The molecule has 3 aliphatic rings. The van der Waals surface area contributed by atoms with Crippen LogP contribution in [0.25, 0.3) is 0 Å². The summed E-state index contributed by atoms with van der Waals surface area (Å²) >= 11 is 0. The van der Waals surface area contributed by atoms with Crippen LogP contribution < -0.4 is 0 Å². The highest BCUT2D eigenvalue weighted by molar-refractivity contribution is 7.89. The average Bonchev–Trinajstić information content (AvgIpc) is 2.75. The molecular weight excluding hydrogens is 390 g/mol. The normalized spacial score (nSPS) is 26.5. The van der Waals surface area contributed by atoms with E-state index in [1.54, 1.807) is 35.5 Å². The zero-order chi connectivity index (χ0) is 20.5. The zero-order valence-corrected chi connectivity index (χ0v) is 17.9. The van der Waals surface area contributed by atoms with Gasteiger partial charge in [0, 0.05) is 58.8 Å². The summed E-state index contributed by atoms with van der Waals surface area (Å²) in [5, 5.41) is 0. The molecule has 4 rings (SSSR count). The van der Waals surface area contributed by atoms with E-state index >= 15 is 0 Å². The molecule has 1 atom stereocenters. The molecule has 1 aromatic rings. The highest BCUT2D eigenvalue weighted by Gasteiger charge is 2.44. The Morgan fingerprint density at radius 3 is 2.31 bits per heavy atom. The molecule has 29 heavy (non-hydrogen) atoms. The van der Waals surface area contributed by atoms with Crippen molar-refractivity contribution >= 4 is 15.9 Å². The molecule has 3 aliphatic heterocycles. The lowest BCUT2D eigenvalue weighted by molar-refractivity contribution is -0.138. The predicted molar refractivity (Wildman–Crippen MR) is 110 cm³/mol. The highest BCUT2D eigenvalue weighted by atomic mass is 32.2. The second-order valence-corrected chi connectivity index (χ2v) is 10.4. The van der Waals surface area contributed by atoms with Crippen molar-refractivity contribution in [1.29, 1.82) is 0 Å². The van der Waals surface area contributed by atoms with Crippen LogP contribution in [0.15, 0.2) is 35.2 Å². The van der Waals surface area contributed by atoms with E-state index in [9.17, 15) is 13.2 Å². The van der Waals surface area contributed by atoms with Gasteiger partial charge < -0.3 is 9.64 Å². The second-order valence-electron chi connectivity index (χ2n) is 8.44. The summed E-state index contributed by atoms with van der Waals surface area (Å²) in [6.45, 7) is 6.78. The third kappa shape index (κ3) is 4.35. The SMILES string of the molecule is CC(=O)N1CCN(C2CCOC3(CCN(S(=O)(=O)c4ccccc4)CC3)C2)CC1. The minimum absolute atomic E-state index is 0.153. The van der Waals surface area contributed by atoms with E-state index < -0.39 is 10.0 Å². The van der Waals surface area contributed by atoms with Gasteiger partial charge in [-0.3, -0.25) is 9.69 Å². The molecule has 1 aromatic carbocycles. The number of sulfonamides is 1. The van der Waals surface area contributed by atoms with Crippen molar-refractivity contribution in [2.24, 2.45) is 0 Å². The largest absolute Gasteiger partial charge is 0.375 e. The van der Waals surface area contributed by atoms with Crippen LogP contribution in [0.1, 0.15) is 32.6 Å². The van der Waals surface area contributed by atoms with E-state index in [0.717, 1.165) is 58.5 Å². The first-order valence-corrected chi connectivity index (χ1v) is 12.0. The molecule has 0 N–H and O–H groups in total. The van der Waals surface area contributed by atoms with Gasteiger partial charge >= 0.3 is 0 Å². The summed E-state index contributed by atoms with van der Waals surface area (Å²) < 4.78 is 33.6. The van der Waals surface area contributed by atoms with Gasteiger partial charge in [0.15, 0.2) is 0 Å². The van der Waals surface area contributed by atoms with Crippen LogP contribution in [0.2, 0.25) is 0 Å². The molecule has 7 nitrogen and oxygen atoms in total. The van der Waals surface area contributed by atoms with Crippen molar-refractivity contribution in [1.82, 2.24) is 14.1 Å². The molecule has 3 fully saturated rings. The Hall–Kier alpha value is -1.48. The van der Waals surface area contributed by atoms with Crippen LogP contribution >= 0.6 is 0 Å². The van der Waals surface area contributed by atoms with Gasteiger partial charge in [0.05, 0.1) is 10.5 Å². The number of amides is 1. The molecule has 0 saturated carbocycles. The van der Waals surface area contributed by atoms with Crippen molar-refractivity contribution < 1.29 is 17.9 Å². The van der Waals surface area contributed by atoms with Gasteiger partial charge in [0.25, 0.3) is 0 Å². The zero-order valence-electron chi connectivity index (χ0n) is 17.1. The van der Waals surface area contributed by atoms with Crippen molar-refractivity contribution in [2.45, 2.75) is 49.1 Å². The van der Waals surface area contributed by atoms with Crippen molar-refractivity contribution in [3.63, 3.8) is 0 Å². The Balaban J connectivity index is 1.36. The maximum atomic E-state index is 12.9. The number of hydrogen-bond donors (Lipinski definition) is 0. The first-order chi connectivity index (χ1) is 13.9. The van der Waals surface area contributed by atoms with E-state index in [0.29, 0.717) is 24.0 Å². The van der Waals surface area contributed by atoms with E-state index in [1.807, 2.05) is 11.0 Å². The van der Waals surface area contributed by atoms with Crippen LogP contribution in [0.5, 0.6) is 0 Å². The van der Waals surface area contributed by atoms with Crippen LogP contribution in [0.3, 0.4) is 0 Å². The average molecular weight is 422 g/mol. The number of benzene rings is 1. The first-order valence-electron chi connectivity index (χ1n) is 10.6. The molecule has 3 heterocycles. The number of nitrogens with zero attached hydrogens (tertiary/aromatic N) is 3. The summed E-state index contributed by atoms with van der Waals surface area (Å²) in [6.07, 6.45) is 3.44. The summed E-state index contributed by atoms with van der Waals surface area (Å²) in [4.78, 5) is 16.3. The third-order valence-corrected chi connectivity index (χ3v) is 8.67. The second kappa shape index (κ2) is 8.34. The van der Waals surface area contributed by atoms with Gasteiger partial charge in [-0.1, -0.05) is 18.2 Å². The van der Waals surface area contributed by atoms with Crippen molar-refractivity contribution in [3.8, 4) is 0 Å². The van der Waals surface area contributed by atoms with Gasteiger partial charge in [-0.25, -0.2) is 8.42 Å². The highest BCUT2D eigenvalue weighted by Crippen LogP contribution is 2.38. The fourth-order valence-corrected chi connectivity index (χ4v) is 6.40. The van der Waals surface area contributed by atoms with Crippen molar-refractivity contribution in [2.75, 3.05) is 45.9 Å². The maximum Gasteiger partial charge on any atom is 0.243 e. The Morgan fingerprint density at radius 1 is 1.03 bits per heavy atom.